The van der Waals surface area contributed by atoms with Crippen molar-refractivity contribution in [2.45, 2.75) is 45.3 Å². The van der Waals surface area contributed by atoms with Gasteiger partial charge in [0.15, 0.2) is 11.6 Å². The number of hydrogen-bond acceptors (Lipinski definition) is 5. The van der Waals surface area contributed by atoms with E-state index in [1.807, 2.05) is 39.6 Å². The van der Waals surface area contributed by atoms with E-state index < -0.39 is 28.3 Å². The van der Waals surface area contributed by atoms with E-state index in [-0.39, 0.29) is 28.9 Å². The van der Waals surface area contributed by atoms with Gasteiger partial charge in [0.2, 0.25) is 5.43 Å². The second-order valence-electron chi connectivity index (χ2n) is 7.67. The average molecular weight is 362 g/mol. The van der Waals surface area contributed by atoms with Gasteiger partial charge in [0.1, 0.15) is 11.2 Å². The molecule has 1 saturated heterocycles. The number of carbonyl (C=O) groups is 1. The largest absolute Gasteiger partial charge is 0.477 e. The minimum absolute atomic E-state index is 0.0283. The molecule has 0 unspecified atom stereocenters. The molecule has 0 amide bonds. The van der Waals surface area contributed by atoms with Crippen molar-refractivity contribution in [2.75, 3.05) is 18.5 Å². The van der Waals surface area contributed by atoms with E-state index in [9.17, 15) is 19.1 Å². The Labute approximate surface area is 150 Å². The number of nitrogens with one attached hydrogen (secondary N) is 1. The van der Waals surface area contributed by atoms with Gasteiger partial charge in [0, 0.05) is 30.4 Å². The number of pyridine rings is 2. The lowest BCUT2D eigenvalue weighted by molar-refractivity contribution is 0.0694. The number of carboxylic acid groups (broad SMARTS) is 1. The lowest BCUT2D eigenvalue weighted by Gasteiger charge is -2.47. The van der Waals surface area contributed by atoms with Gasteiger partial charge in [-0.1, -0.05) is 0 Å². The van der Waals surface area contributed by atoms with Crippen LogP contribution in [0.15, 0.2) is 17.1 Å². The fourth-order valence-corrected chi connectivity index (χ4v) is 3.30. The molecule has 2 N–H and O–H groups in total. The SMILES string of the molecule is CN[C@H]1CN(c2nc3c(cc2F)c(=O)c(C(=O)O)cn3C(C)(C)C)[C@@H]1C. The van der Waals surface area contributed by atoms with E-state index in [0.29, 0.717) is 6.54 Å². The van der Waals surface area contributed by atoms with E-state index in [2.05, 4.69) is 10.3 Å². The maximum atomic E-state index is 14.7. The molecule has 0 aliphatic carbocycles. The van der Waals surface area contributed by atoms with Crippen LogP contribution < -0.4 is 15.6 Å². The van der Waals surface area contributed by atoms with Gasteiger partial charge in [-0.05, 0) is 40.8 Å². The maximum absolute atomic E-state index is 14.7. The summed E-state index contributed by atoms with van der Waals surface area (Å²) in [6, 6.07) is 1.41. The van der Waals surface area contributed by atoms with E-state index in [1.165, 1.54) is 6.20 Å². The summed E-state index contributed by atoms with van der Waals surface area (Å²) < 4.78 is 16.3. The summed E-state index contributed by atoms with van der Waals surface area (Å²) in [6.45, 7) is 8.20. The fourth-order valence-electron chi connectivity index (χ4n) is 3.30. The third kappa shape index (κ3) is 2.74. The van der Waals surface area contributed by atoms with Crippen molar-refractivity contribution < 1.29 is 14.3 Å². The van der Waals surface area contributed by atoms with Crippen molar-refractivity contribution in [3.05, 3.63) is 33.9 Å². The highest BCUT2D eigenvalue weighted by atomic mass is 19.1. The van der Waals surface area contributed by atoms with Crippen molar-refractivity contribution in [1.29, 1.82) is 0 Å². The van der Waals surface area contributed by atoms with Crippen LogP contribution in [-0.4, -0.2) is 46.3 Å². The van der Waals surface area contributed by atoms with Gasteiger partial charge in [-0.3, -0.25) is 4.79 Å². The zero-order valence-corrected chi connectivity index (χ0v) is 15.5. The van der Waals surface area contributed by atoms with E-state index in [4.69, 9.17) is 0 Å². The first kappa shape index (κ1) is 18.3. The Hall–Kier alpha value is -2.48. The Balaban J connectivity index is 2.28. The number of aromatic nitrogens is 2. The molecule has 2 aromatic rings. The minimum atomic E-state index is -1.34. The van der Waals surface area contributed by atoms with Gasteiger partial charge in [-0.15, -0.1) is 0 Å². The van der Waals surface area contributed by atoms with Crippen LogP contribution in [0.4, 0.5) is 10.2 Å². The minimum Gasteiger partial charge on any atom is -0.477 e. The molecule has 1 aliphatic heterocycles. The van der Waals surface area contributed by atoms with Crippen LogP contribution in [0.1, 0.15) is 38.1 Å². The quantitative estimate of drug-likeness (QED) is 0.866. The molecule has 2 atom stereocenters. The first-order chi connectivity index (χ1) is 12.1. The smallest absolute Gasteiger partial charge is 0.341 e. The highest BCUT2D eigenvalue weighted by Crippen LogP contribution is 2.30. The molecular weight excluding hydrogens is 339 g/mol. The number of aromatic carboxylic acids is 1. The molecule has 3 rings (SSSR count). The number of fused-ring (bicyclic) bond motifs is 1. The Morgan fingerprint density at radius 2 is 2.08 bits per heavy atom. The highest BCUT2D eigenvalue weighted by molar-refractivity contribution is 5.92. The second-order valence-corrected chi connectivity index (χ2v) is 7.67. The second kappa shape index (κ2) is 6.05. The number of likely N-dealkylation sites (N-methyl/N-ethyl adjacent to an activating group) is 1. The number of anilines is 1. The molecule has 0 radical (unpaired) electrons. The van der Waals surface area contributed by atoms with Crippen molar-refractivity contribution in [2.24, 2.45) is 0 Å². The summed E-state index contributed by atoms with van der Waals surface area (Å²) in [5.41, 5.74) is -1.37. The third-order valence-electron chi connectivity index (χ3n) is 4.98. The van der Waals surface area contributed by atoms with Crippen LogP contribution >= 0.6 is 0 Å². The molecule has 0 spiro atoms. The highest BCUT2D eigenvalue weighted by Gasteiger charge is 2.37. The Kier molecular flexibility index (Phi) is 4.26. The molecule has 7 nitrogen and oxygen atoms in total. The predicted molar refractivity (Wildman–Crippen MR) is 97.6 cm³/mol. The molecule has 2 aromatic heterocycles. The molecule has 3 heterocycles. The Morgan fingerprint density at radius 3 is 2.58 bits per heavy atom. The van der Waals surface area contributed by atoms with E-state index in [1.54, 1.807) is 4.57 Å². The topological polar surface area (TPSA) is 87.5 Å². The van der Waals surface area contributed by atoms with Crippen LogP contribution in [-0.2, 0) is 5.54 Å². The Bertz CT molecular complexity index is 948. The number of carboxylic acids is 1. The van der Waals surface area contributed by atoms with Gasteiger partial charge in [0.25, 0.3) is 0 Å². The molecular formula is C18H23FN4O3. The zero-order valence-electron chi connectivity index (χ0n) is 15.5. The predicted octanol–water partition coefficient (Wildman–Crippen LogP) is 1.79. The maximum Gasteiger partial charge on any atom is 0.341 e. The van der Waals surface area contributed by atoms with E-state index >= 15 is 0 Å². The first-order valence-corrected chi connectivity index (χ1v) is 8.50. The van der Waals surface area contributed by atoms with Crippen LogP contribution in [0.2, 0.25) is 0 Å². The molecule has 0 bridgehead atoms. The Morgan fingerprint density at radius 1 is 1.42 bits per heavy atom. The summed E-state index contributed by atoms with van der Waals surface area (Å²) in [6.07, 6.45) is 1.29. The van der Waals surface area contributed by atoms with Gasteiger partial charge in [0.05, 0.1) is 5.39 Å². The van der Waals surface area contributed by atoms with Crippen molar-refractivity contribution in [3.8, 4) is 0 Å². The number of rotatable bonds is 3. The summed E-state index contributed by atoms with van der Waals surface area (Å²) >= 11 is 0. The summed E-state index contributed by atoms with van der Waals surface area (Å²) in [4.78, 5) is 30.2. The zero-order chi connectivity index (χ0) is 19.4. The average Bonchev–Trinajstić information content (AvgIpc) is 2.53. The third-order valence-corrected chi connectivity index (χ3v) is 4.98. The molecule has 140 valence electrons. The fraction of sp³-hybridized carbons (Fsp3) is 0.500. The first-order valence-electron chi connectivity index (χ1n) is 8.50. The van der Waals surface area contributed by atoms with Crippen molar-refractivity contribution in [1.82, 2.24) is 14.9 Å². The van der Waals surface area contributed by atoms with E-state index in [0.717, 1.165) is 6.07 Å². The van der Waals surface area contributed by atoms with Gasteiger partial charge < -0.3 is 19.9 Å². The van der Waals surface area contributed by atoms with Gasteiger partial charge in [-0.2, -0.15) is 0 Å². The number of nitrogens with zero attached hydrogens (tertiary/aromatic N) is 3. The summed E-state index contributed by atoms with van der Waals surface area (Å²) in [5.74, 6) is -1.79. The molecule has 1 aliphatic rings. The van der Waals surface area contributed by atoms with Crippen LogP contribution in [0.25, 0.3) is 11.0 Å². The van der Waals surface area contributed by atoms with Crippen molar-refractivity contribution >= 4 is 22.8 Å². The van der Waals surface area contributed by atoms with Crippen LogP contribution in [0.3, 0.4) is 0 Å². The number of halogens is 1. The van der Waals surface area contributed by atoms with Gasteiger partial charge in [-0.25, -0.2) is 14.2 Å². The molecule has 0 aromatic carbocycles. The normalized spacial score (nSPS) is 20.3. The lowest BCUT2D eigenvalue weighted by atomic mass is 9.98. The van der Waals surface area contributed by atoms with Crippen molar-refractivity contribution in [3.63, 3.8) is 0 Å². The van der Waals surface area contributed by atoms with Gasteiger partial charge >= 0.3 is 5.97 Å². The van der Waals surface area contributed by atoms with Crippen LogP contribution in [0, 0.1) is 5.82 Å². The summed E-state index contributed by atoms with van der Waals surface area (Å²) in [7, 11) is 1.85. The molecule has 8 heteroatoms. The monoisotopic (exact) mass is 362 g/mol. The lowest BCUT2D eigenvalue weighted by Crippen LogP contribution is -2.64. The molecule has 26 heavy (non-hydrogen) atoms. The molecule has 0 saturated carbocycles. The standard InChI is InChI=1S/C18H23FN4O3/c1-9-13(20-5)8-22(9)16-12(19)6-10-14(24)11(17(25)26)7-23(15(10)21-16)18(2,3)4/h6-7,9,13,20H,8H2,1-5H3,(H,25,26)/t9-,13+/m1/s1. The summed E-state index contributed by atoms with van der Waals surface area (Å²) in [5, 5.41) is 12.5. The number of hydrogen-bond donors (Lipinski definition) is 2. The van der Waals surface area contributed by atoms with Crippen LogP contribution in [0.5, 0.6) is 0 Å². The molecule has 1 fully saturated rings.